The van der Waals surface area contributed by atoms with Crippen LogP contribution in [0.2, 0.25) is 0 Å². The van der Waals surface area contributed by atoms with Crippen molar-refractivity contribution < 1.29 is 22.4 Å². The van der Waals surface area contributed by atoms with E-state index < -0.39 is 12.1 Å². The Morgan fingerprint density at radius 1 is 1.09 bits per heavy atom. The topological polar surface area (TPSA) is 55.1 Å². The maximum absolute atomic E-state index is 12.1. The van der Waals surface area contributed by atoms with Gasteiger partial charge in [0.1, 0.15) is 5.52 Å². The average Bonchev–Trinajstić information content (AvgIpc) is 2.96. The van der Waals surface area contributed by atoms with Crippen LogP contribution in [0.1, 0.15) is 5.56 Å². The minimum absolute atomic E-state index is 0.202. The van der Waals surface area contributed by atoms with Gasteiger partial charge in [-0.1, -0.05) is 24.3 Å². The zero-order valence-electron chi connectivity index (χ0n) is 11.7. The monoisotopic (exact) mass is 320 g/mol. The van der Waals surface area contributed by atoms with E-state index in [9.17, 15) is 18.0 Å². The second-order valence-corrected chi connectivity index (χ2v) is 4.86. The summed E-state index contributed by atoms with van der Waals surface area (Å²) in [6, 6.07) is 13.9. The molecule has 3 aromatic rings. The van der Waals surface area contributed by atoms with E-state index in [1.807, 2.05) is 23.5 Å². The Bertz CT molecular complexity index is 805. The van der Waals surface area contributed by atoms with E-state index in [1.165, 1.54) is 0 Å². The number of carbonyl (C=O) groups excluding carboxylic acids is 1. The molecule has 0 atom stereocenters. The summed E-state index contributed by atoms with van der Waals surface area (Å²) < 4.78 is 41.9. The number of rotatable bonds is 3. The molecule has 1 aromatic heterocycles. The fourth-order valence-corrected chi connectivity index (χ4v) is 2.04. The van der Waals surface area contributed by atoms with Gasteiger partial charge in [0.15, 0.2) is 5.58 Å². The zero-order chi connectivity index (χ0) is 16.4. The number of benzene rings is 2. The quantitative estimate of drug-likeness (QED) is 0.801. The molecule has 0 saturated heterocycles. The molecule has 1 amide bonds. The van der Waals surface area contributed by atoms with Crippen LogP contribution in [0.15, 0.2) is 52.9 Å². The minimum Gasteiger partial charge on any atom is -0.436 e. The third-order valence-corrected chi connectivity index (χ3v) is 3.21. The molecule has 23 heavy (non-hydrogen) atoms. The number of amides is 1. The molecule has 0 radical (unpaired) electrons. The Balaban J connectivity index is 1.73. The van der Waals surface area contributed by atoms with Gasteiger partial charge < -0.3 is 9.73 Å². The molecule has 2 aromatic carbocycles. The number of oxazole rings is 1. The second-order valence-electron chi connectivity index (χ2n) is 4.86. The zero-order valence-corrected chi connectivity index (χ0v) is 11.7. The Hall–Kier alpha value is -2.83. The number of aromatic nitrogens is 1. The van der Waals surface area contributed by atoms with E-state index >= 15 is 0 Å². The molecule has 0 saturated carbocycles. The first-order valence-corrected chi connectivity index (χ1v) is 6.73. The van der Waals surface area contributed by atoms with Gasteiger partial charge in [-0.25, -0.2) is 4.98 Å². The van der Waals surface area contributed by atoms with Crippen molar-refractivity contribution in [3.63, 3.8) is 0 Å². The van der Waals surface area contributed by atoms with E-state index in [2.05, 4.69) is 4.98 Å². The van der Waals surface area contributed by atoms with Gasteiger partial charge in [-0.05, 0) is 29.8 Å². The molecule has 118 valence electrons. The molecule has 0 bridgehead atoms. The molecule has 0 aliphatic carbocycles. The van der Waals surface area contributed by atoms with Crippen molar-refractivity contribution in [2.75, 3.05) is 0 Å². The highest BCUT2D eigenvalue weighted by Gasteiger charge is 2.38. The molecule has 1 N–H and O–H groups in total. The predicted molar refractivity (Wildman–Crippen MR) is 77.3 cm³/mol. The van der Waals surface area contributed by atoms with Crippen molar-refractivity contribution in [2.45, 2.75) is 12.7 Å². The standard InChI is InChI=1S/C16H11F3N2O2/c17-16(18,19)15(22)20-9-10-5-7-11(8-6-10)14-21-12-3-1-2-4-13(12)23-14/h1-8H,9H2,(H,20,22). The fourth-order valence-electron chi connectivity index (χ4n) is 2.04. The number of fused-ring (bicyclic) bond motifs is 1. The van der Waals surface area contributed by atoms with Crippen molar-refractivity contribution in [3.05, 3.63) is 54.1 Å². The normalized spacial score (nSPS) is 11.6. The van der Waals surface area contributed by atoms with Gasteiger partial charge in [0.05, 0.1) is 0 Å². The highest BCUT2D eigenvalue weighted by molar-refractivity contribution is 5.81. The molecule has 4 nitrogen and oxygen atoms in total. The summed E-state index contributed by atoms with van der Waals surface area (Å²) >= 11 is 0. The van der Waals surface area contributed by atoms with Crippen molar-refractivity contribution in [2.24, 2.45) is 0 Å². The summed E-state index contributed by atoms with van der Waals surface area (Å²) in [4.78, 5) is 15.1. The first-order chi connectivity index (χ1) is 10.9. The Morgan fingerprint density at radius 3 is 2.43 bits per heavy atom. The molecule has 0 aliphatic rings. The number of hydrogen-bond acceptors (Lipinski definition) is 3. The fraction of sp³-hybridized carbons (Fsp3) is 0.125. The Morgan fingerprint density at radius 2 is 1.78 bits per heavy atom. The van der Waals surface area contributed by atoms with Gasteiger partial charge in [-0.15, -0.1) is 0 Å². The van der Waals surface area contributed by atoms with E-state index in [4.69, 9.17) is 4.42 Å². The van der Waals surface area contributed by atoms with Gasteiger partial charge in [-0.3, -0.25) is 4.79 Å². The lowest BCUT2D eigenvalue weighted by Gasteiger charge is -2.08. The van der Waals surface area contributed by atoms with Crippen molar-refractivity contribution in [1.82, 2.24) is 10.3 Å². The number of hydrogen-bond donors (Lipinski definition) is 1. The van der Waals surface area contributed by atoms with Crippen molar-refractivity contribution in [3.8, 4) is 11.5 Å². The maximum atomic E-state index is 12.1. The summed E-state index contributed by atoms with van der Waals surface area (Å²) in [7, 11) is 0. The lowest BCUT2D eigenvalue weighted by molar-refractivity contribution is -0.173. The molecular weight excluding hydrogens is 309 g/mol. The van der Waals surface area contributed by atoms with Crippen LogP contribution in [0, 0.1) is 0 Å². The van der Waals surface area contributed by atoms with Crippen LogP contribution in [0.25, 0.3) is 22.6 Å². The molecular formula is C16H11F3N2O2. The van der Waals surface area contributed by atoms with Crippen molar-refractivity contribution in [1.29, 1.82) is 0 Å². The lowest BCUT2D eigenvalue weighted by atomic mass is 10.1. The molecule has 0 fully saturated rings. The molecule has 7 heteroatoms. The van der Waals surface area contributed by atoms with Crippen LogP contribution in [-0.2, 0) is 11.3 Å². The van der Waals surface area contributed by atoms with Crippen LogP contribution in [0.5, 0.6) is 0 Å². The highest BCUT2D eigenvalue weighted by Crippen LogP contribution is 2.24. The van der Waals surface area contributed by atoms with E-state index in [1.54, 1.807) is 30.3 Å². The Kier molecular flexibility index (Phi) is 3.77. The van der Waals surface area contributed by atoms with E-state index in [0.717, 1.165) is 5.52 Å². The number of alkyl halides is 3. The second kappa shape index (κ2) is 5.75. The summed E-state index contributed by atoms with van der Waals surface area (Å²) in [6.45, 7) is -0.202. The SMILES string of the molecule is O=C(NCc1ccc(-c2nc3ccccc3o2)cc1)C(F)(F)F. The van der Waals surface area contributed by atoms with Gasteiger partial charge in [0.2, 0.25) is 5.89 Å². The van der Waals surface area contributed by atoms with Crippen molar-refractivity contribution >= 4 is 17.0 Å². The summed E-state index contributed by atoms with van der Waals surface area (Å²) in [5, 5.41) is 1.82. The van der Waals surface area contributed by atoms with Crippen LogP contribution >= 0.6 is 0 Å². The molecule has 3 rings (SSSR count). The highest BCUT2D eigenvalue weighted by atomic mass is 19.4. The summed E-state index contributed by atoms with van der Waals surface area (Å²) in [5.41, 5.74) is 2.63. The number of nitrogens with one attached hydrogen (secondary N) is 1. The number of para-hydroxylation sites is 2. The van der Waals surface area contributed by atoms with Gasteiger partial charge >= 0.3 is 12.1 Å². The van der Waals surface area contributed by atoms with Gasteiger partial charge in [-0.2, -0.15) is 13.2 Å². The van der Waals surface area contributed by atoms with E-state index in [0.29, 0.717) is 22.6 Å². The smallest absolute Gasteiger partial charge is 0.436 e. The van der Waals surface area contributed by atoms with Crippen LogP contribution in [-0.4, -0.2) is 17.1 Å². The van der Waals surface area contributed by atoms with Gasteiger partial charge in [0, 0.05) is 12.1 Å². The molecule has 0 aliphatic heterocycles. The number of nitrogens with zero attached hydrogens (tertiary/aromatic N) is 1. The summed E-state index contributed by atoms with van der Waals surface area (Å²) in [6.07, 6.45) is -4.88. The third-order valence-electron chi connectivity index (χ3n) is 3.21. The first kappa shape index (κ1) is 15.1. The lowest BCUT2D eigenvalue weighted by Crippen LogP contribution is -2.36. The predicted octanol–water partition coefficient (Wildman–Crippen LogP) is 3.67. The maximum Gasteiger partial charge on any atom is 0.471 e. The van der Waals surface area contributed by atoms with Crippen LogP contribution in [0.4, 0.5) is 13.2 Å². The minimum atomic E-state index is -4.88. The van der Waals surface area contributed by atoms with E-state index in [-0.39, 0.29) is 6.54 Å². The third kappa shape index (κ3) is 3.33. The first-order valence-electron chi connectivity index (χ1n) is 6.73. The average molecular weight is 320 g/mol. The van der Waals surface area contributed by atoms with Crippen LogP contribution < -0.4 is 5.32 Å². The molecule has 1 heterocycles. The molecule has 0 spiro atoms. The van der Waals surface area contributed by atoms with Crippen LogP contribution in [0.3, 0.4) is 0 Å². The number of halogens is 3. The molecule has 0 unspecified atom stereocenters. The number of carbonyl (C=O) groups is 1. The Labute approximate surface area is 128 Å². The largest absolute Gasteiger partial charge is 0.471 e. The summed E-state index contributed by atoms with van der Waals surface area (Å²) in [5.74, 6) is -1.53. The van der Waals surface area contributed by atoms with Gasteiger partial charge in [0.25, 0.3) is 0 Å².